The number of hydrogen-bond donors (Lipinski definition) is 2. The molecule has 0 atom stereocenters. The summed E-state index contributed by atoms with van der Waals surface area (Å²) >= 11 is 0. The van der Waals surface area contributed by atoms with Crippen LogP contribution < -0.4 is 10.6 Å². The molecule has 0 fully saturated rings. The number of hydrogen-bond acceptors (Lipinski definition) is 5. The van der Waals surface area contributed by atoms with Crippen molar-refractivity contribution in [3.05, 3.63) is 28.3 Å². The predicted molar refractivity (Wildman–Crippen MR) is 74.4 cm³/mol. The number of carbonyl (C=O) groups is 1. The van der Waals surface area contributed by atoms with Gasteiger partial charge in [-0.1, -0.05) is 0 Å². The fourth-order valence-corrected chi connectivity index (χ4v) is 1.46. The lowest BCUT2D eigenvalue weighted by atomic mass is 10.2. The summed E-state index contributed by atoms with van der Waals surface area (Å²) in [6.45, 7) is 2.67. The second kappa shape index (κ2) is 6.58. The number of anilines is 2. The summed E-state index contributed by atoms with van der Waals surface area (Å²) in [5, 5.41) is 16.7. The van der Waals surface area contributed by atoms with Crippen molar-refractivity contribution < 1.29 is 9.72 Å². The zero-order chi connectivity index (χ0) is 14.4. The molecule has 2 N–H and O–H groups in total. The van der Waals surface area contributed by atoms with Crippen LogP contribution in [-0.4, -0.2) is 42.9 Å². The van der Waals surface area contributed by atoms with Gasteiger partial charge in [0.15, 0.2) is 0 Å². The molecule has 0 bridgehead atoms. The van der Waals surface area contributed by atoms with E-state index in [0.29, 0.717) is 17.9 Å². The van der Waals surface area contributed by atoms with Crippen LogP contribution in [0.5, 0.6) is 0 Å². The van der Waals surface area contributed by atoms with Crippen molar-refractivity contribution in [1.29, 1.82) is 0 Å². The molecule has 0 saturated heterocycles. The van der Waals surface area contributed by atoms with Crippen molar-refractivity contribution in [3.8, 4) is 0 Å². The molecule has 0 saturated carbocycles. The first-order chi connectivity index (χ1) is 8.93. The molecule has 7 nitrogen and oxygen atoms in total. The van der Waals surface area contributed by atoms with Gasteiger partial charge in [-0.2, -0.15) is 0 Å². The molecule has 0 aliphatic heterocycles. The van der Waals surface area contributed by atoms with Crippen LogP contribution in [0.3, 0.4) is 0 Å². The molecule has 19 heavy (non-hydrogen) atoms. The Morgan fingerprint density at radius 2 is 1.84 bits per heavy atom. The lowest BCUT2D eigenvalue weighted by Crippen LogP contribution is -2.28. The smallest absolute Gasteiger partial charge is 0.273 e. The number of nitro groups is 1. The number of non-ortho nitro benzene ring substituents is 1. The molecule has 1 aromatic carbocycles. The summed E-state index contributed by atoms with van der Waals surface area (Å²) in [5.41, 5.74) is 1.18. The normalized spacial score (nSPS) is 9.84. The Balaban J connectivity index is 2.87. The highest BCUT2D eigenvalue weighted by atomic mass is 16.6. The first-order valence-corrected chi connectivity index (χ1v) is 5.91. The molecule has 1 aromatic rings. The summed E-state index contributed by atoms with van der Waals surface area (Å²) in [5.74, 6) is -0.100. The summed E-state index contributed by atoms with van der Waals surface area (Å²) in [6.07, 6.45) is 0. The van der Waals surface area contributed by atoms with Crippen molar-refractivity contribution in [3.63, 3.8) is 0 Å². The molecule has 0 spiro atoms. The van der Waals surface area contributed by atoms with Crippen LogP contribution in [0.15, 0.2) is 18.2 Å². The number of nitrogens with zero attached hydrogens (tertiary/aromatic N) is 2. The van der Waals surface area contributed by atoms with Gasteiger partial charge in [0, 0.05) is 44.1 Å². The zero-order valence-corrected chi connectivity index (χ0v) is 11.3. The van der Waals surface area contributed by atoms with E-state index in [4.69, 9.17) is 0 Å². The Morgan fingerprint density at radius 1 is 1.26 bits per heavy atom. The van der Waals surface area contributed by atoms with Crippen molar-refractivity contribution >= 4 is 23.0 Å². The molecule has 0 radical (unpaired) electrons. The van der Waals surface area contributed by atoms with E-state index in [2.05, 4.69) is 10.6 Å². The first-order valence-electron chi connectivity index (χ1n) is 5.91. The third kappa shape index (κ3) is 4.46. The van der Waals surface area contributed by atoms with Gasteiger partial charge in [0.1, 0.15) is 0 Å². The van der Waals surface area contributed by atoms with E-state index in [-0.39, 0.29) is 18.1 Å². The molecule has 0 heterocycles. The minimum Gasteiger partial charge on any atom is -0.385 e. The molecule has 0 aliphatic rings. The number of nitrogens with one attached hydrogen (secondary N) is 2. The standard InChI is InChI=1S/C12H18N4O3/c1-4-13-9-5-10(7-11(6-9)16(18)19)14-8-12(17)15(2)3/h5-7,13-14H,4,8H2,1-3H3. The highest BCUT2D eigenvalue weighted by Gasteiger charge is 2.10. The largest absolute Gasteiger partial charge is 0.385 e. The Bertz CT molecular complexity index is 474. The average molecular weight is 266 g/mol. The maximum Gasteiger partial charge on any atom is 0.273 e. The van der Waals surface area contributed by atoms with E-state index in [0.717, 1.165) is 0 Å². The van der Waals surface area contributed by atoms with Crippen LogP contribution in [0, 0.1) is 10.1 Å². The Kier molecular flexibility index (Phi) is 5.11. The van der Waals surface area contributed by atoms with Gasteiger partial charge in [0.05, 0.1) is 11.5 Å². The summed E-state index contributed by atoms with van der Waals surface area (Å²) < 4.78 is 0. The maximum absolute atomic E-state index is 11.5. The topological polar surface area (TPSA) is 87.5 Å². The first kappa shape index (κ1) is 14.7. The Labute approximate surface area is 111 Å². The summed E-state index contributed by atoms with van der Waals surface area (Å²) in [7, 11) is 3.31. The van der Waals surface area contributed by atoms with Crippen molar-refractivity contribution in [2.24, 2.45) is 0 Å². The molecule has 0 aromatic heterocycles. The van der Waals surface area contributed by atoms with Gasteiger partial charge in [-0.15, -0.1) is 0 Å². The molecule has 104 valence electrons. The van der Waals surface area contributed by atoms with E-state index in [1.165, 1.54) is 17.0 Å². The minimum atomic E-state index is -0.459. The Hall–Kier alpha value is -2.31. The lowest BCUT2D eigenvalue weighted by molar-refractivity contribution is -0.384. The van der Waals surface area contributed by atoms with Gasteiger partial charge in [-0.05, 0) is 13.0 Å². The van der Waals surface area contributed by atoms with Gasteiger partial charge in [-0.3, -0.25) is 14.9 Å². The van der Waals surface area contributed by atoms with Gasteiger partial charge >= 0.3 is 0 Å². The van der Waals surface area contributed by atoms with Crippen molar-refractivity contribution in [2.45, 2.75) is 6.92 Å². The van der Waals surface area contributed by atoms with E-state index < -0.39 is 4.92 Å². The number of carbonyl (C=O) groups excluding carboxylic acids is 1. The number of amides is 1. The summed E-state index contributed by atoms with van der Waals surface area (Å²) in [4.78, 5) is 23.3. The highest BCUT2D eigenvalue weighted by molar-refractivity contribution is 5.80. The third-order valence-corrected chi connectivity index (χ3v) is 2.45. The number of nitro benzene ring substituents is 1. The Morgan fingerprint density at radius 3 is 2.32 bits per heavy atom. The SMILES string of the molecule is CCNc1cc(NCC(=O)N(C)C)cc([N+](=O)[O-])c1. The molecular formula is C12H18N4O3. The molecule has 1 rings (SSSR count). The third-order valence-electron chi connectivity index (χ3n) is 2.45. The highest BCUT2D eigenvalue weighted by Crippen LogP contribution is 2.24. The second-order valence-corrected chi connectivity index (χ2v) is 4.20. The van der Waals surface area contributed by atoms with Crippen molar-refractivity contribution in [2.75, 3.05) is 37.8 Å². The van der Waals surface area contributed by atoms with Crippen LogP contribution in [-0.2, 0) is 4.79 Å². The van der Waals surface area contributed by atoms with E-state index >= 15 is 0 Å². The van der Waals surface area contributed by atoms with Gasteiger partial charge in [-0.25, -0.2) is 0 Å². The van der Waals surface area contributed by atoms with Gasteiger partial charge in [0.2, 0.25) is 5.91 Å². The number of benzene rings is 1. The number of likely N-dealkylation sites (N-methyl/N-ethyl adjacent to an activating group) is 1. The van der Waals surface area contributed by atoms with Crippen LogP contribution >= 0.6 is 0 Å². The monoisotopic (exact) mass is 266 g/mol. The van der Waals surface area contributed by atoms with Crippen LogP contribution in [0.25, 0.3) is 0 Å². The molecular weight excluding hydrogens is 248 g/mol. The second-order valence-electron chi connectivity index (χ2n) is 4.20. The molecule has 0 unspecified atom stereocenters. The fourth-order valence-electron chi connectivity index (χ4n) is 1.46. The molecule has 0 aliphatic carbocycles. The number of rotatable bonds is 6. The van der Waals surface area contributed by atoms with Gasteiger partial charge < -0.3 is 15.5 Å². The van der Waals surface area contributed by atoms with E-state index in [1.54, 1.807) is 20.2 Å². The fraction of sp³-hybridized carbons (Fsp3) is 0.417. The quantitative estimate of drug-likeness (QED) is 0.602. The zero-order valence-electron chi connectivity index (χ0n) is 11.3. The van der Waals surface area contributed by atoms with Crippen molar-refractivity contribution in [1.82, 2.24) is 4.90 Å². The average Bonchev–Trinajstić information content (AvgIpc) is 2.35. The maximum atomic E-state index is 11.5. The van der Waals surface area contributed by atoms with E-state index in [1.807, 2.05) is 6.92 Å². The minimum absolute atomic E-state index is 0.0155. The lowest BCUT2D eigenvalue weighted by Gasteiger charge is -2.12. The van der Waals surface area contributed by atoms with Crippen LogP contribution in [0.2, 0.25) is 0 Å². The van der Waals surface area contributed by atoms with E-state index in [9.17, 15) is 14.9 Å². The predicted octanol–water partition coefficient (Wildman–Crippen LogP) is 1.53. The van der Waals surface area contributed by atoms with Crippen LogP contribution in [0.4, 0.5) is 17.1 Å². The summed E-state index contributed by atoms with van der Waals surface area (Å²) in [6, 6.07) is 4.60. The molecule has 7 heteroatoms. The van der Waals surface area contributed by atoms with Crippen LogP contribution in [0.1, 0.15) is 6.92 Å². The van der Waals surface area contributed by atoms with Gasteiger partial charge in [0.25, 0.3) is 5.69 Å². The molecule has 1 amide bonds.